The number of carbonyl (C=O) groups excluding carboxylic acids is 5. The van der Waals surface area contributed by atoms with Crippen molar-refractivity contribution in [1.29, 1.82) is 0 Å². The fraction of sp³-hybridized carbons (Fsp3) is 0.857. The maximum Gasteiger partial charge on any atom is 0.397 e. The van der Waals surface area contributed by atoms with Crippen molar-refractivity contribution in [3.05, 3.63) is 12.2 Å². The maximum absolute atomic E-state index is 13.4. The zero-order chi connectivity index (χ0) is 59.0. The van der Waals surface area contributed by atoms with Crippen molar-refractivity contribution in [1.82, 2.24) is 21.3 Å². The monoisotopic (exact) mass is 1160 g/mol. The highest BCUT2D eigenvalue weighted by Crippen LogP contribution is 2.34. The first kappa shape index (κ1) is 69.6. The molecule has 29 nitrogen and oxygen atoms in total. The number of rotatable bonds is 35. The Balaban J connectivity index is 1.89. The molecule has 3 fully saturated rings. The van der Waals surface area contributed by atoms with Gasteiger partial charge in [-0.05, 0) is 39.0 Å². The summed E-state index contributed by atoms with van der Waals surface area (Å²) in [5.41, 5.74) is 0. The van der Waals surface area contributed by atoms with E-state index >= 15 is 0 Å². The smallest absolute Gasteiger partial charge is 0.397 e. The Morgan fingerprint density at radius 3 is 1.63 bits per heavy atom. The van der Waals surface area contributed by atoms with Crippen molar-refractivity contribution in [3.63, 3.8) is 0 Å². The van der Waals surface area contributed by atoms with Crippen LogP contribution >= 0.6 is 0 Å². The number of aliphatic hydroxyl groups is 8. The molecule has 0 aromatic heterocycles. The van der Waals surface area contributed by atoms with Crippen LogP contribution in [0.25, 0.3) is 0 Å². The average molecular weight is 1160 g/mol. The van der Waals surface area contributed by atoms with Crippen molar-refractivity contribution in [2.45, 2.75) is 235 Å². The lowest BCUT2D eigenvalue weighted by atomic mass is 9.93. The van der Waals surface area contributed by atoms with E-state index in [9.17, 15) is 77.8 Å². The van der Waals surface area contributed by atoms with Crippen LogP contribution in [-0.4, -0.2) is 233 Å². The first-order valence-corrected chi connectivity index (χ1v) is 28.0. The lowest BCUT2D eigenvalue weighted by molar-refractivity contribution is -0.358. The quantitative estimate of drug-likeness (QED) is 0.00995. The molecule has 3 aliphatic rings. The Labute approximate surface area is 460 Å². The molecule has 17 unspecified atom stereocenters. The number of aliphatic hydroxyl groups excluding tert-OH is 8. The van der Waals surface area contributed by atoms with E-state index < -0.39 is 190 Å². The van der Waals surface area contributed by atoms with Gasteiger partial charge in [0.05, 0.1) is 32.5 Å². The molecule has 0 radical (unpaired) electrons. The van der Waals surface area contributed by atoms with Crippen molar-refractivity contribution < 1.29 is 120 Å². The summed E-state index contributed by atoms with van der Waals surface area (Å²) in [5.74, 6) is -3.68. The van der Waals surface area contributed by atoms with Crippen LogP contribution in [0, 0.1) is 0 Å². The van der Waals surface area contributed by atoms with Crippen LogP contribution in [0.4, 0.5) is 0 Å². The predicted molar refractivity (Wildman–Crippen MR) is 272 cm³/mol. The van der Waals surface area contributed by atoms with E-state index in [1.54, 1.807) is 0 Å². The summed E-state index contributed by atoms with van der Waals surface area (Å²) in [4.78, 5) is 62.6. The number of carbonyl (C=O) groups is 5. The Morgan fingerprint density at radius 2 is 1.14 bits per heavy atom. The van der Waals surface area contributed by atoms with Crippen molar-refractivity contribution in [3.8, 4) is 0 Å². The summed E-state index contributed by atoms with van der Waals surface area (Å²) < 4.78 is 83.5. The molecular weight excluding hydrogens is 1080 g/mol. The zero-order valence-electron chi connectivity index (χ0n) is 45.6. The van der Waals surface area contributed by atoms with E-state index in [0.29, 0.717) is 6.42 Å². The van der Waals surface area contributed by atoms with E-state index in [1.165, 1.54) is 32.6 Å². The molecule has 0 bridgehead atoms. The lowest BCUT2D eigenvalue weighted by Crippen LogP contribution is -2.71. The first-order chi connectivity index (χ1) is 37.3. The van der Waals surface area contributed by atoms with Crippen LogP contribution in [0.15, 0.2) is 12.2 Å². The number of unbranched alkanes of at least 4 members (excludes halogenated alkanes) is 9. The number of ether oxygens (including phenoxy) is 8. The highest BCUT2D eigenvalue weighted by Gasteiger charge is 2.55. The number of nitrogens with one attached hydrogen (secondary N) is 4. The Kier molecular flexibility index (Phi) is 31.2. The summed E-state index contributed by atoms with van der Waals surface area (Å²) in [5, 5.41) is 98.5. The summed E-state index contributed by atoms with van der Waals surface area (Å²) >= 11 is 0. The van der Waals surface area contributed by atoms with Crippen molar-refractivity contribution in [2.24, 2.45) is 0 Å². The highest BCUT2D eigenvalue weighted by atomic mass is 32.3. The van der Waals surface area contributed by atoms with Gasteiger partial charge in [-0.2, -0.15) is 8.42 Å². The third-order valence-electron chi connectivity index (χ3n) is 13.1. The van der Waals surface area contributed by atoms with Crippen LogP contribution in [0.1, 0.15) is 119 Å². The van der Waals surface area contributed by atoms with E-state index in [2.05, 4.69) is 44.5 Å². The molecule has 0 aromatic rings. The number of hydrogen-bond acceptors (Lipinski definition) is 24. The molecule has 79 heavy (non-hydrogen) atoms. The van der Waals surface area contributed by atoms with Gasteiger partial charge in [0.25, 0.3) is 0 Å². The molecule has 0 spiro atoms. The molecule has 0 aliphatic carbocycles. The molecule has 3 heterocycles. The van der Waals surface area contributed by atoms with Crippen molar-refractivity contribution >= 4 is 40.0 Å². The SMILES string of the molecule is CCCCCC/C=C\CCCCCCCC(=O)N[C@@H](CO)C(OC1C(CO)OC(OC2C(CO)OC(OC3C(COS(=O)(=O)O)OC(O)C(NC(C)=O)C3O)C(NC(C)=O)C2O)C(NC(C)=O)C1O)OC(COC(C)=O)[C@H](C)O. The Morgan fingerprint density at radius 1 is 0.658 bits per heavy atom. The van der Waals surface area contributed by atoms with Crippen LogP contribution in [0.3, 0.4) is 0 Å². The van der Waals surface area contributed by atoms with Gasteiger partial charge in [-0.25, -0.2) is 4.18 Å². The minimum absolute atomic E-state index is 0.0279. The molecule has 3 aliphatic heterocycles. The second-order valence-electron chi connectivity index (χ2n) is 19.8. The topological polar surface area (TPSA) is 433 Å². The van der Waals surface area contributed by atoms with Gasteiger partial charge in [-0.15, -0.1) is 0 Å². The third-order valence-corrected chi connectivity index (χ3v) is 13.5. The fourth-order valence-corrected chi connectivity index (χ4v) is 9.40. The molecule has 4 amide bonds. The van der Waals surface area contributed by atoms with Crippen LogP contribution in [-0.2, 0) is 76.4 Å². The van der Waals surface area contributed by atoms with Crippen molar-refractivity contribution in [2.75, 3.05) is 33.0 Å². The van der Waals surface area contributed by atoms with E-state index in [4.69, 9.17) is 37.9 Å². The largest absolute Gasteiger partial charge is 0.463 e. The van der Waals surface area contributed by atoms with Crippen LogP contribution in [0.5, 0.6) is 0 Å². The molecule has 30 heteroatoms. The minimum atomic E-state index is -5.16. The Hall–Kier alpha value is -3.64. The average Bonchev–Trinajstić information content (AvgIpc) is 3.37. The molecule has 3 saturated heterocycles. The first-order valence-electron chi connectivity index (χ1n) is 26.7. The number of allylic oxidation sites excluding steroid dienone is 2. The van der Waals surface area contributed by atoms with Gasteiger partial charge in [-0.1, -0.05) is 57.6 Å². The second-order valence-corrected chi connectivity index (χ2v) is 20.8. The third kappa shape index (κ3) is 23.6. The molecule has 458 valence electrons. The summed E-state index contributed by atoms with van der Waals surface area (Å²) in [7, 11) is -5.16. The molecule has 13 N–H and O–H groups in total. The fourth-order valence-electron chi connectivity index (χ4n) is 9.09. The molecule has 19 atom stereocenters. The van der Waals surface area contributed by atoms with E-state index in [1.807, 2.05) is 0 Å². The zero-order valence-corrected chi connectivity index (χ0v) is 46.4. The maximum atomic E-state index is 13.4. The molecule has 0 saturated carbocycles. The van der Waals surface area contributed by atoms with Crippen LogP contribution in [0.2, 0.25) is 0 Å². The minimum Gasteiger partial charge on any atom is -0.463 e. The predicted octanol–water partition coefficient (Wildman–Crippen LogP) is -2.90. The standard InChI is InChI=1S/C49H86N4O25S/c1-7-8-9-10-11-12-13-14-15-16-17-18-19-20-36(62)53-31(21-54)47(75-34(26(2)57)24-70-30(6)61)76-43-32(22-55)73-48(38(41(43)64)51-28(4)59)77-44-33(23-56)74-49(39(42(44)65)52-29(5)60)78-45-35(25-71-79(67,68)69)72-46(66)37(40(45)63)50-27(3)58/h12-13,26,31-35,37-49,54-57,63-66H,7-11,14-25H2,1-6H3,(H,50,58)(H,51,59)(H,52,60)(H,53,62)(H,67,68,69)/b13-12-/t26-,31-,32?,33?,34?,35?,37?,38?,39?,40?,41?,42?,43?,44?,45?,46?,47?,48?,49?/m0/s1. The van der Waals surface area contributed by atoms with Gasteiger partial charge in [0, 0.05) is 34.1 Å². The Bertz CT molecular complexity index is 1990. The van der Waals surface area contributed by atoms with Gasteiger partial charge in [0.15, 0.2) is 25.2 Å². The van der Waals surface area contributed by atoms with Gasteiger partial charge in [0.2, 0.25) is 23.6 Å². The molecule has 3 rings (SSSR count). The number of amides is 4. The van der Waals surface area contributed by atoms with E-state index in [0.717, 1.165) is 66.2 Å². The van der Waals surface area contributed by atoms with Gasteiger partial charge in [0.1, 0.15) is 91.8 Å². The highest BCUT2D eigenvalue weighted by molar-refractivity contribution is 7.80. The summed E-state index contributed by atoms with van der Waals surface area (Å²) in [6, 6.07) is -6.58. The number of esters is 1. The van der Waals surface area contributed by atoms with Gasteiger partial charge >= 0.3 is 16.4 Å². The van der Waals surface area contributed by atoms with Crippen LogP contribution < -0.4 is 21.3 Å². The van der Waals surface area contributed by atoms with Gasteiger partial charge < -0.3 is 100 Å². The summed E-state index contributed by atoms with van der Waals surface area (Å²) in [6.07, 6.45) is -11.7. The lowest BCUT2D eigenvalue weighted by Gasteiger charge is -2.50. The second kappa shape index (κ2) is 35.4. The normalized spacial score (nSPS) is 30.9. The molecular formula is C49H86N4O25S. The van der Waals surface area contributed by atoms with Gasteiger partial charge in [-0.3, -0.25) is 28.5 Å². The number of hydrogen-bond donors (Lipinski definition) is 13. The van der Waals surface area contributed by atoms with E-state index in [-0.39, 0.29) is 6.42 Å². The molecule has 0 aromatic carbocycles. The summed E-state index contributed by atoms with van der Waals surface area (Å²) in [6.45, 7) is 3.14.